The summed E-state index contributed by atoms with van der Waals surface area (Å²) in [6.45, 7) is 0. The summed E-state index contributed by atoms with van der Waals surface area (Å²) in [5.74, 6) is 0. The van der Waals surface area contributed by atoms with Crippen LogP contribution in [0.25, 0.3) is 5.65 Å². The van der Waals surface area contributed by atoms with Gasteiger partial charge in [0.25, 0.3) is 0 Å². The molecule has 0 saturated heterocycles. The van der Waals surface area contributed by atoms with Gasteiger partial charge in [-0.2, -0.15) is 0 Å². The van der Waals surface area contributed by atoms with Crippen LogP contribution in [0.4, 0.5) is 0 Å². The summed E-state index contributed by atoms with van der Waals surface area (Å²) in [5.41, 5.74) is 0.852. The van der Waals surface area contributed by atoms with Crippen LogP contribution in [0, 0.1) is 3.57 Å². The Morgan fingerprint density at radius 2 is 2.36 bits per heavy atom. The van der Waals surface area contributed by atoms with Crippen molar-refractivity contribution in [3.8, 4) is 0 Å². The second-order valence-electron chi connectivity index (χ2n) is 2.07. The summed E-state index contributed by atoms with van der Waals surface area (Å²) in [7, 11) is 0. The molecule has 0 aromatic carbocycles. The standard InChI is InChI=1S/C6H3BrIN3/c7-5-1-4(8)2-11-3-9-10-6(5)11/h1-3H. The second kappa shape index (κ2) is 2.71. The molecule has 0 unspecified atom stereocenters. The molecule has 11 heavy (non-hydrogen) atoms. The molecule has 0 fully saturated rings. The van der Waals surface area contributed by atoms with Crippen LogP contribution in [0.2, 0.25) is 0 Å². The first kappa shape index (κ1) is 7.48. The molecule has 0 spiro atoms. The van der Waals surface area contributed by atoms with Crippen LogP contribution in [0.1, 0.15) is 0 Å². The highest BCUT2D eigenvalue weighted by atomic mass is 127. The minimum Gasteiger partial charge on any atom is -0.287 e. The number of rotatable bonds is 0. The van der Waals surface area contributed by atoms with Gasteiger partial charge in [-0.3, -0.25) is 4.40 Å². The van der Waals surface area contributed by atoms with Crippen molar-refractivity contribution in [1.82, 2.24) is 14.6 Å². The quantitative estimate of drug-likeness (QED) is 0.695. The van der Waals surface area contributed by atoms with Gasteiger partial charge in [0.15, 0.2) is 5.65 Å². The number of hydrogen-bond acceptors (Lipinski definition) is 2. The zero-order valence-corrected chi connectivity index (χ0v) is 9.07. The Morgan fingerprint density at radius 3 is 3.18 bits per heavy atom. The molecule has 2 rings (SSSR count). The molecule has 0 atom stereocenters. The maximum Gasteiger partial charge on any atom is 0.174 e. The third kappa shape index (κ3) is 1.26. The Kier molecular flexibility index (Phi) is 1.84. The molecule has 0 aliphatic rings. The monoisotopic (exact) mass is 323 g/mol. The Morgan fingerprint density at radius 1 is 1.55 bits per heavy atom. The van der Waals surface area contributed by atoms with E-state index in [1.54, 1.807) is 6.33 Å². The number of pyridine rings is 1. The lowest BCUT2D eigenvalue weighted by atomic mass is 10.5. The van der Waals surface area contributed by atoms with Crippen LogP contribution in [-0.4, -0.2) is 14.6 Å². The normalized spacial score (nSPS) is 10.7. The largest absolute Gasteiger partial charge is 0.287 e. The van der Waals surface area contributed by atoms with Crippen LogP contribution < -0.4 is 0 Å². The molecule has 0 radical (unpaired) electrons. The summed E-state index contributed by atoms with van der Waals surface area (Å²) < 4.78 is 4.01. The fourth-order valence-electron chi connectivity index (χ4n) is 0.864. The number of nitrogens with zero attached hydrogens (tertiary/aromatic N) is 3. The van der Waals surface area contributed by atoms with Gasteiger partial charge in [-0.1, -0.05) is 0 Å². The van der Waals surface area contributed by atoms with Crippen LogP contribution in [0.15, 0.2) is 23.1 Å². The molecule has 0 saturated carbocycles. The van der Waals surface area contributed by atoms with Crippen molar-refractivity contribution in [3.05, 3.63) is 26.6 Å². The van der Waals surface area contributed by atoms with Gasteiger partial charge in [-0.05, 0) is 44.6 Å². The summed E-state index contributed by atoms with van der Waals surface area (Å²) in [6.07, 6.45) is 3.66. The predicted octanol–water partition coefficient (Wildman–Crippen LogP) is 2.10. The molecule has 0 N–H and O–H groups in total. The maximum absolute atomic E-state index is 3.92. The fraction of sp³-hybridized carbons (Fsp3) is 0. The van der Waals surface area contributed by atoms with E-state index in [1.165, 1.54) is 0 Å². The third-order valence-corrected chi connectivity index (χ3v) is 2.49. The van der Waals surface area contributed by atoms with Gasteiger partial charge < -0.3 is 0 Å². The molecule has 2 aromatic rings. The molecular weight excluding hydrogens is 321 g/mol. The fourth-order valence-corrected chi connectivity index (χ4v) is 2.43. The van der Waals surface area contributed by atoms with E-state index in [0.29, 0.717) is 0 Å². The Labute approximate surface area is 85.1 Å². The van der Waals surface area contributed by atoms with E-state index in [4.69, 9.17) is 0 Å². The maximum atomic E-state index is 3.92. The first-order valence-electron chi connectivity index (χ1n) is 2.92. The summed E-state index contributed by atoms with van der Waals surface area (Å²) in [6, 6.07) is 2.00. The predicted molar refractivity (Wildman–Crippen MR) is 53.4 cm³/mol. The summed E-state index contributed by atoms with van der Waals surface area (Å²) in [5, 5.41) is 7.70. The van der Waals surface area contributed by atoms with Crippen LogP contribution >= 0.6 is 38.5 Å². The van der Waals surface area contributed by atoms with Gasteiger partial charge in [0, 0.05) is 9.77 Å². The molecule has 0 amide bonds. The first-order valence-corrected chi connectivity index (χ1v) is 4.79. The molecule has 0 aliphatic carbocycles. The highest BCUT2D eigenvalue weighted by molar-refractivity contribution is 14.1. The summed E-state index contributed by atoms with van der Waals surface area (Å²) >= 11 is 5.64. The van der Waals surface area contributed by atoms with E-state index in [-0.39, 0.29) is 0 Å². The average molecular weight is 324 g/mol. The lowest BCUT2D eigenvalue weighted by Gasteiger charge is -1.95. The zero-order chi connectivity index (χ0) is 7.84. The highest BCUT2D eigenvalue weighted by Crippen LogP contribution is 2.18. The minimum absolute atomic E-state index is 0.852. The second-order valence-corrected chi connectivity index (χ2v) is 4.17. The number of hydrogen-bond donors (Lipinski definition) is 0. The van der Waals surface area contributed by atoms with E-state index in [0.717, 1.165) is 13.7 Å². The van der Waals surface area contributed by atoms with Gasteiger partial charge in [-0.15, -0.1) is 10.2 Å². The lowest BCUT2D eigenvalue weighted by molar-refractivity contribution is 1.10. The van der Waals surface area contributed by atoms with E-state index >= 15 is 0 Å². The van der Waals surface area contributed by atoms with E-state index < -0.39 is 0 Å². The molecule has 0 bridgehead atoms. The SMILES string of the molecule is Brc1cc(I)cn2cnnc12. The lowest BCUT2D eigenvalue weighted by Crippen LogP contribution is -1.85. The van der Waals surface area contributed by atoms with Gasteiger partial charge in [0.2, 0.25) is 0 Å². The van der Waals surface area contributed by atoms with Crippen LogP contribution in [0.3, 0.4) is 0 Å². The van der Waals surface area contributed by atoms with Crippen LogP contribution in [0.5, 0.6) is 0 Å². The van der Waals surface area contributed by atoms with Crippen LogP contribution in [-0.2, 0) is 0 Å². The molecule has 3 nitrogen and oxygen atoms in total. The van der Waals surface area contributed by atoms with Crippen molar-refractivity contribution in [2.75, 3.05) is 0 Å². The molecular formula is C6H3BrIN3. The van der Waals surface area contributed by atoms with Crippen molar-refractivity contribution in [2.24, 2.45) is 0 Å². The number of aromatic nitrogens is 3. The van der Waals surface area contributed by atoms with Gasteiger partial charge in [0.1, 0.15) is 6.33 Å². The van der Waals surface area contributed by atoms with Gasteiger partial charge >= 0.3 is 0 Å². The van der Waals surface area contributed by atoms with E-state index in [2.05, 4.69) is 48.7 Å². The van der Waals surface area contributed by atoms with E-state index in [1.807, 2.05) is 16.7 Å². The Hall–Kier alpha value is -0.170. The first-order chi connectivity index (χ1) is 5.27. The molecule has 0 aliphatic heterocycles. The van der Waals surface area contributed by atoms with Crippen molar-refractivity contribution in [3.63, 3.8) is 0 Å². The molecule has 2 heterocycles. The molecule has 2 aromatic heterocycles. The highest BCUT2D eigenvalue weighted by Gasteiger charge is 2.00. The average Bonchev–Trinajstić information content (AvgIpc) is 2.34. The smallest absolute Gasteiger partial charge is 0.174 e. The third-order valence-electron chi connectivity index (χ3n) is 1.31. The van der Waals surface area contributed by atoms with Crippen molar-refractivity contribution in [2.45, 2.75) is 0 Å². The zero-order valence-electron chi connectivity index (χ0n) is 5.33. The summed E-state index contributed by atoms with van der Waals surface area (Å²) in [4.78, 5) is 0. The number of fused-ring (bicyclic) bond motifs is 1. The topological polar surface area (TPSA) is 30.2 Å². The van der Waals surface area contributed by atoms with Crippen molar-refractivity contribution in [1.29, 1.82) is 0 Å². The van der Waals surface area contributed by atoms with Crippen molar-refractivity contribution >= 4 is 44.2 Å². The van der Waals surface area contributed by atoms with E-state index in [9.17, 15) is 0 Å². The molecule has 56 valence electrons. The Bertz CT molecular complexity index is 398. The Balaban J connectivity index is 2.91. The van der Waals surface area contributed by atoms with Gasteiger partial charge in [-0.25, -0.2) is 0 Å². The van der Waals surface area contributed by atoms with Gasteiger partial charge in [0.05, 0.1) is 4.47 Å². The van der Waals surface area contributed by atoms with Crippen molar-refractivity contribution < 1.29 is 0 Å². The molecule has 5 heteroatoms. The minimum atomic E-state index is 0.852. The number of halogens is 2.